The predicted octanol–water partition coefficient (Wildman–Crippen LogP) is 2.22. The van der Waals surface area contributed by atoms with Crippen LogP contribution in [0.3, 0.4) is 0 Å². The number of nitrogens with zero attached hydrogens (tertiary/aromatic N) is 1. The minimum atomic E-state index is -0.109. The fraction of sp³-hybridized carbons (Fsp3) is 1.00. The first-order chi connectivity index (χ1) is 7.24. The zero-order valence-corrected chi connectivity index (χ0v) is 10.9. The molecule has 1 atom stereocenters. The fourth-order valence-corrected chi connectivity index (χ4v) is 2.82. The number of aliphatic hydroxyl groups is 1. The van der Waals surface area contributed by atoms with Crippen LogP contribution in [0.1, 0.15) is 33.1 Å². The zero-order chi connectivity index (χ0) is 11.1. The van der Waals surface area contributed by atoms with Crippen LogP contribution in [0.15, 0.2) is 0 Å². The molecule has 2 nitrogen and oxygen atoms in total. The van der Waals surface area contributed by atoms with Crippen LogP contribution in [0.2, 0.25) is 0 Å². The maximum Gasteiger partial charge on any atom is 0.0541 e. The van der Waals surface area contributed by atoms with E-state index < -0.39 is 0 Å². The second-order valence-corrected chi connectivity index (χ2v) is 5.86. The molecule has 0 spiro atoms. The van der Waals surface area contributed by atoms with Crippen molar-refractivity contribution in [1.82, 2.24) is 4.90 Å². The Bertz CT molecular complexity index is 156. The SMILES string of the molecule is CCSCCCN1CCC(C(C)O)CC1. The van der Waals surface area contributed by atoms with Crippen molar-refractivity contribution in [3.8, 4) is 0 Å². The van der Waals surface area contributed by atoms with E-state index in [1.54, 1.807) is 0 Å². The number of rotatable bonds is 6. The minimum absolute atomic E-state index is 0.109. The van der Waals surface area contributed by atoms with E-state index in [2.05, 4.69) is 11.8 Å². The summed E-state index contributed by atoms with van der Waals surface area (Å²) in [4.78, 5) is 2.55. The Morgan fingerprint density at radius 2 is 2.07 bits per heavy atom. The van der Waals surface area contributed by atoms with Crippen molar-refractivity contribution < 1.29 is 5.11 Å². The zero-order valence-electron chi connectivity index (χ0n) is 10.1. The van der Waals surface area contributed by atoms with Crippen LogP contribution in [-0.4, -0.2) is 47.3 Å². The highest BCUT2D eigenvalue weighted by molar-refractivity contribution is 7.99. The van der Waals surface area contributed by atoms with Crippen LogP contribution >= 0.6 is 11.8 Å². The van der Waals surface area contributed by atoms with Crippen molar-refractivity contribution in [2.75, 3.05) is 31.1 Å². The Balaban J connectivity index is 2.04. The molecule has 0 aromatic heterocycles. The van der Waals surface area contributed by atoms with E-state index in [9.17, 15) is 5.11 Å². The van der Waals surface area contributed by atoms with Crippen LogP contribution in [0.25, 0.3) is 0 Å². The van der Waals surface area contributed by atoms with Gasteiger partial charge < -0.3 is 10.0 Å². The van der Waals surface area contributed by atoms with Gasteiger partial charge in [-0.1, -0.05) is 6.92 Å². The van der Waals surface area contributed by atoms with Crippen molar-refractivity contribution >= 4 is 11.8 Å². The summed E-state index contributed by atoms with van der Waals surface area (Å²) in [6.07, 6.45) is 3.57. The normalized spacial score (nSPS) is 21.8. The molecule has 1 saturated heterocycles. The summed E-state index contributed by atoms with van der Waals surface area (Å²) in [6.45, 7) is 7.77. The molecule has 1 rings (SSSR count). The van der Waals surface area contributed by atoms with Crippen LogP contribution in [-0.2, 0) is 0 Å². The topological polar surface area (TPSA) is 23.5 Å². The molecular formula is C12H25NOS. The average Bonchev–Trinajstić information content (AvgIpc) is 2.25. The molecule has 1 heterocycles. The smallest absolute Gasteiger partial charge is 0.0541 e. The molecule has 0 bridgehead atoms. The van der Waals surface area contributed by atoms with Gasteiger partial charge in [0.1, 0.15) is 0 Å². The van der Waals surface area contributed by atoms with Crippen molar-refractivity contribution in [3.05, 3.63) is 0 Å². The molecule has 1 N–H and O–H groups in total. The van der Waals surface area contributed by atoms with E-state index in [0.29, 0.717) is 5.92 Å². The highest BCUT2D eigenvalue weighted by Crippen LogP contribution is 2.20. The number of hydrogen-bond donors (Lipinski definition) is 1. The summed E-state index contributed by atoms with van der Waals surface area (Å²) in [6, 6.07) is 0. The Labute approximate surface area is 98.4 Å². The van der Waals surface area contributed by atoms with E-state index in [1.165, 1.54) is 50.4 Å². The summed E-state index contributed by atoms with van der Waals surface area (Å²) in [7, 11) is 0. The molecule has 3 heteroatoms. The Hall–Kier alpha value is 0.270. The third-order valence-electron chi connectivity index (χ3n) is 3.28. The quantitative estimate of drug-likeness (QED) is 0.709. The number of hydrogen-bond acceptors (Lipinski definition) is 3. The first-order valence-electron chi connectivity index (χ1n) is 6.22. The minimum Gasteiger partial charge on any atom is -0.393 e. The largest absolute Gasteiger partial charge is 0.393 e. The lowest BCUT2D eigenvalue weighted by Gasteiger charge is -2.33. The molecule has 1 fully saturated rings. The summed E-state index contributed by atoms with van der Waals surface area (Å²) in [5, 5.41) is 9.49. The molecule has 1 unspecified atom stereocenters. The summed E-state index contributed by atoms with van der Waals surface area (Å²) < 4.78 is 0. The second kappa shape index (κ2) is 7.53. The van der Waals surface area contributed by atoms with Crippen LogP contribution in [0.4, 0.5) is 0 Å². The number of thioether (sulfide) groups is 1. The van der Waals surface area contributed by atoms with Gasteiger partial charge >= 0.3 is 0 Å². The van der Waals surface area contributed by atoms with E-state index in [4.69, 9.17) is 0 Å². The van der Waals surface area contributed by atoms with Crippen LogP contribution in [0.5, 0.6) is 0 Å². The molecule has 15 heavy (non-hydrogen) atoms. The van der Waals surface area contributed by atoms with Crippen molar-refractivity contribution in [2.24, 2.45) is 5.92 Å². The second-order valence-electron chi connectivity index (χ2n) is 4.47. The molecule has 0 aliphatic carbocycles. The van der Waals surface area contributed by atoms with Gasteiger partial charge in [-0.2, -0.15) is 11.8 Å². The van der Waals surface area contributed by atoms with Gasteiger partial charge in [0.05, 0.1) is 6.10 Å². The first-order valence-corrected chi connectivity index (χ1v) is 7.37. The molecule has 0 aromatic rings. The maximum absolute atomic E-state index is 9.49. The lowest BCUT2D eigenvalue weighted by molar-refractivity contribution is 0.0721. The molecule has 1 aliphatic heterocycles. The number of aliphatic hydroxyl groups excluding tert-OH is 1. The van der Waals surface area contributed by atoms with Gasteiger partial charge in [-0.25, -0.2) is 0 Å². The lowest BCUT2D eigenvalue weighted by Crippen LogP contribution is -2.37. The summed E-state index contributed by atoms with van der Waals surface area (Å²) in [5.74, 6) is 3.09. The summed E-state index contributed by atoms with van der Waals surface area (Å²) >= 11 is 2.04. The third-order valence-corrected chi connectivity index (χ3v) is 4.27. The van der Waals surface area contributed by atoms with Crippen molar-refractivity contribution in [1.29, 1.82) is 0 Å². The van der Waals surface area contributed by atoms with Gasteiger partial charge in [-0.15, -0.1) is 0 Å². The van der Waals surface area contributed by atoms with Gasteiger partial charge in [0.25, 0.3) is 0 Å². The molecule has 0 amide bonds. The van der Waals surface area contributed by atoms with E-state index >= 15 is 0 Å². The number of likely N-dealkylation sites (tertiary alicyclic amines) is 1. The van der Waals surface area contributed by atoms with Gasteiger partial charge in [0.2, 0.25) is 0 Å². The molecular weight excluding hydrogens is 206 g/mol. The highest BCUT2D eigenvalue weighted by atomic mass is 32.2. The molecule has 0 aromatic carbocycles. The van der Waals surface area contributed by atoms with Crippen molar-refractivity contribution in [2.45, 2.75) is 39.2 Å². The molecule has 0 radical (unpaired) electrons. The van der Waals surface area contributed by atoms with Gasteiger partial charge in [-0.05, 0) is 63.2 Å². The van der Waals surface area contributed by atoms with E-state index in [0.717, 1.165) is 0 Å². The monoisotopic (exact) mass is 231 g/mol. The van der Waals surface area contributed by atoms with Crippen molar-refractivity contribution in [3.63, 3.8) is 0 Å². The Kier molecular flexibility index (Phi) is 6.69. The van der Waals surface area contributed by atoms with Gasteiger partial charge in [-0.3, -0.25) is 0 Å². The average molecular weight is 231 g/mol. The molecule has 1 aliphatic rings. The summed E-state index contributed by atoms with van der Waals surface area (Å²) in [5.41, 5.74) is 0. The van der Waals surface area contributed by atoms with Gasteiger partial charge in [0.15, 0.2) is 0 Å². The van der Waals surface area contributed by atoms with E-state index in [1.807, 2.05) is 18.7 Å². The lowest BCUT2D eigenvalue weighted by atomic mass is 9.92. The Morgan fingerprint density at radius 3 is 2.60 bits per heavy atom. The molecule has 90 valence electrons. The maximum atomic E-state index is 9.49. The number of piperidine rings is 1. The van der Waals surface area contributed by atoms with Crippen LogP contribution in [0, 0.1) is 5.92 Å². The predicted molar refractivity (Wildman–Crippen MR) is 68.5 cm³/mol. The third kappa shape index (κ3) is 5.23. The van der Waals surface area contributed by atoms with E-state index in [-0.39, 0.29) is 6.10 Å². The fourth-order valence-electron chi connectivity index (χ4n) is 2.19. The Morgan fingerprint density at radius 1 is 1.40 bits per heavy atom. The standard InChI is InChI=1S/C12H25NOS/c1-3-15-10-4-7-13-8-5-12(6-9-13)11(2)14/h11-12,14H,3-10H2,1-2H3. The molecule has 0 saturated carbocycles. The first kappa shape index (κ1) is 13.3. The highest BCUT2D eigenvalue weighted by Gasteiger charge is 2.21. The van der Waals surface area contributed by atoms with Crippen LogP contribution < -0.4 is 0 Å². The van der Waals surface area contributed by atoms with Gasteiger partial charge in [0, 0.05) is 0 Å².